The number of nitriles is 1. The number of ether oxygens (including phenoxy) is 2. The Hall–Kier alpha value is -2.43. The van der Waals surface area contributed by atoms with Crippen molar-refractivity contribution in [3.05, 3.63) is 33.4 Å². The number of aliphatic carboxylic acids is 1. The topological polar surface area (TPSA) is 97.4 Å². The lowest BCUT2D eigenvalue weighted by Gasteiger charge is -2.14. The van der Waals surface area contributed by atoms with Crippen LogP contribution in [0.1, 0.15) is 31.5 Å². The first-order valence-electron chi connectivity index (χ1n) is 7.80. The van der Waals surface area contributed by atoms with Crippen molar-refractivity contribution in [1.29, 1.82) is 5.26 Å². The van der Waals surface area contributed by atoms with Crippen molar-refractivity contribution in [2.75, 3.05) is 0 Å². The summed E-state index contributed by atoms with van der Waals surface area (Å²) in [5.74, 6) is -0.625. The third kappa shape index (κ3) is 4.21. The molecule has 0 fully saturated rings. The van der Waals surface area contributed by atoms with Crippen LogP contribution in [-0.2, 0) is 18.3 Å². The quantitative estimate of drug-likeness (QED) is 0.751. The standard InChI is InChI=1S/C17H17Cl2N3O4/c1-4-5-13-10(8-20)16(22(3)21-13)26-15-7-14(11(18)6-12(15)19)25-9(2)17(23)24/h6-7,9H,4-5H2,1-3H3,(H,23,24)/t9-/m0/s1. The van der Waals surface area contributed by atoms with Crippen LogP contribution in [0.25, 0.3) is 0 Å². The van der Waals surface area contributed by atoms with Crippen LogP contribution >= 0.6 is 23.2 Å². The second-order valence-electron chi connectivity index (χ2n) is 5.53. The molecule has 138 valence electrons. The number of aromatic nitrogens is 2. The molecule has 1 heterocycles. The number of rotatable bonds is 7. The van der Waals surface area contributed by atoms with Crippen LogP contribution in [0, 0.1) is 11.3 Å². The molecular formula is C17H17Cl2N3O4. The van der Waals surface area contributed by atoms with E-state index in [1.165, 1.54) is 23.7 Å². The summed E-state index contributed by atoms with van der Waals surface area (Å²) < 4.78 is 12.6. The average Bonchev–Trinajstić information content (AvgIpc) is 2.86. The zero-order valence-corrected chi connectivity index (χ0v) is 15.9. The molecule has 2 aromatic rings. The van der Waals surface area contributed by atoms with Gasteiger partial charge in [-0.05, 0) is 19.4 Å². The second-order valence-corrected chi connectivity index (χ2v) is 6.34. The molecule has 0 amide bonds. The van der Waals surface area contributed by atoms with E-state index in [4.69, 9.17) is 37.8 Å². The average molecular weight is 398 g/mol. The Morgan fingerprint density at radius 3 is 2.62 bits per heavy atom. The van der Waals surface area contributed by atoms with E-state index >= 15 is 0 Å². The SMILES string of the molecule is CCCc1nn(C)c(Oc2cc(O[C@@H](C)C(=O)O)c(Cl)cc2Cl)c1C#N. The molecule has 0 aliphatic heterocycles. The highest BCUT2D eigenvalue weighted by Crippen LogP contribution is 2.39. The monoisotopic (exact) mass is 397 g/mol. The largest absolute Gasteiger partial charge is 0.479 e. The van der Waals surface area contributed by atoms with Crippen molar-refractivity contribution in [3.63, 3.8) is 0 Å². The van der Waals surface area contributed by atoms with E-state index in [2.05, 4.69) is 11.2 Å². The first-order valence-corrected chi connectivity index (χ1v) is 8.56. The molecule has 1 aromatic heterocycles. The van der Waals surface area contributed by atoms with Gasteiger partial charge in [-0.1, -0.05) is 36.5 Å². The highest BCUT2D eigenvalue weighted by Gasteiger charge is 2.21. The summed E-state index contributed by atoms with van der Waals surface area (Å²) >= 11 is 12.2. The Morgan fingerprint density at radius 2 is 2.04 bits per heavy atom. The molecule has 0 unspecified atom stereocenters. The minimum atomic E-state index is -1.14. The fraction of sp³-hybridized carbons (Fsp3) is 0.353. The number of hydrogen-bond acceptors (Lipinski definition) is 5. The lowest BCUT2D eigenvalue weighted by atomic mass is 10.2. The Bertz CT molecular complexity index is 874. The van der Waals surface area contributed by atoms with E-state index in [1.807, 2.05) is 6.92 Å². The molecule has 0 aliphatic rings. The zero-order chi connectivity index (χ0) is 19.4. The van der Waals surface area contributed by atoms with Crippen LogP contribution < -0.4 is 9.47 Å². The predicted molar refractivity (Wildman–Crippen MR) is 96.2 cm³/mol. The second kappa shape index (κ2) is 8.30. The van der Waals surface area contributed by atoms with Crippen molar-refractivity contribution in [2.45, 2.75) is 32.8 Å². The minimum Gasteiger partial charge on any atom is -0.479 e. The van der Waals surface area contributed by atoms with Crippen LogP contribution in [0.3, 0.4) is 0 Å². The van der Waals surface area contributed by atoms with Gasteiger partial charge in [-0.3, -0.25) is 0 Å². The van der Waals surface area contributed by atoms with Crippen molar-refractivity contribution < 1.29 is 19.4 Å². The summed E-state index contributed by atoms with van der Waals surface area (Å²) in [6, 6.07) is 4.87. The normalized spacial score (nSPS) is 11.7. The van der Waals surface area contributed by atoms with Gasteiger partial charge in [0.15, 0.2) is 11.9 Å². The lowest BCUT2D eigenvalue weighted by molar-refractivity contribution is -0.144. The molecule has 2 rings (SSSR count). The number of hydrogen-bond donors (Lipinski definition) is 1. The Balaban J connectivity index is 2.41. The molecule has 0 bridgehead atoms. The maximum absolute atomic E-state index is 11.0. The molecule has 9 heteroatoms. The lowest BCUT2D eigenvalue weighted by Crippen LogP contribution is -2.23. The summed E-state index contributed by atoms with van der Waals surface area (Å²) in [5, 5.41) is 23.0. The summed E-state index contributed by atoms with van der Waals surface area (Å²) in [5.41, 5.74) is 0.954. The molecule has 0 radical (unpaired) electrons. The van der Waals surface area contributed by atoms with Gasteiger partial charge in [-0.2, -0.15) is 10.4 Å². The molecule has 0 saturated heterocycles. The number of nitrogens with zero attached hydrogens (tertiary/aromatic N) is 3. The first-order chi connectivity index (χ1) is 12.3. The fourth-order valence-electron chi connectivity index (χ4n) is 2.23. The van der Waals surface area contributed by atoms with E-state index in [-0.39, 0.29) is 27.4 Å². The van der Waals surface area contributed by atoms with Gasteiger partial charge in [-0.25, -0.2) is 9.48 Å². The van der Waals surface area contributed by atoms with Crippen LogP contribution in [-0.4, -0.2) is 27.0 Å². The Labute approximate surface area is 160 Å². The van der Waals surface area contributed by atoms with Gasteiger partial charge >= 0.3 is 5.97 Å². The number of aryl methyl sites for hydroxylation is 2. The van der Waals surface area contributed by atoms with Crippen molar-refractivity contribution in [1.82, 2.24) is 9.78 Å². The first kappa shape index (κ1) is 19.9. The van der Waals surface area contributed by atoms with Gasteiger partial charge in [0.1, 0.15) is 17.4 Å². The third-order valence-electron chi connectivity index (χ3n) is 3.51. The molecule has 1 atom stereocenters. The fourth-order valence-corrected chi connectivity index (χ4v) is 2.69. The van der Waals surface area contributed by atoms with Crippen LogP contribution in [0.2, 0.25) is 10.0 Å². The number of halogens is 2. The zero-order valence-electron chi connectivity index (χ0n) is 14.4. The van der Waals surface area contributed by atoms with E-state index in [9.17, 15) is 10.1 Å². The molecule has 0 aliphatic carbocycles. The number of carboxylic acids is 1. The molecule has 1 aromatic carbocycles. The molecular weight excluding hydrogens is 381 g/mol. The smallest absolute Gasteiger partial charge is 0.344 e. The van der Waals surface area contributed by atoms with Crippen molar-refractivity contribution in [3.8, 4) is 23.4 Å². The van der Waals surface area contributed by atoms with E-state index in [0.717, 1.165) is 6.42 Å². The van der Waals surface area contributed by atoms with Gasteiger partial charge in [-0.15, -0.1) is 0 Å². The summed E-state index contributed by atoms with van der Waals surface area (Å²) in [4.78, 5) is 11.0. The maximum atomic E-state index is 11.0. The Morgan fingerprint density at radius 1 is 1.38 bits per heavy atom. The van der Waals surface area contributed by atoms with Gasteiger partial charge in [0.2, 0.25) is 5.88 Å². The molecule has 7 nitrogen and oxygen atoms in total. The number of carboxylic acid groups (broad SMARTS) is 1. The molecule has 0 saturated carbocycles. The molecule has 26 heavy (non-hydrogen) atoms. The van der Waals surface area contributed by atoms with Crippen molar-refractivity contribution in [2.24, 2.45) is 7.05 Å². The van der Waals surface area contributed by atoms with Crippen LogP contribution in [0.5, 0.6) is 17.4 Å². The summed E-state index contributed by atoms with van der Waals surface area (Å²) in [6.45, 7) is 3.36. The minimum absolute atomic E-state index is 0.107. The molecule has 1 N–H and O–H groups in total. The predicted octanol–water partition coefficient (Wildman–Crippen LogP) is 4.20. The summed E-state index contributed by atoms with van der Waals surface area (Å²) in [7, 11) is 1.66. The van der Waals surface area contributed by atoms with Gasteiger partial charge in [0.25, 0.3) is 0 Å². The Kier molecular flexibility index (Phi) is 6.35. The summed E-state index contributed by atoms with van der Waals surface area (Å²) in [6.07, 6.45) is 0.362. The number of carbonyl (C=O) groups is 1. The van der Waals surface area contributed by atoms with E-state index in [0.29, 0.717) is 17.7 Å². The van der Waals surface area contributed by atoms with Crippen LogP contribution in [0.15, 0.2) is 12.1 Å². The van der Waals surface area contributed by atoms with Crippen LogP contribution in [0.4, 0.5) is 0 Å². The van der Waals surface area contributed by atoms with Crippen molar-refractivity contribution >= 4 is 29.2 Å². The van der Waals surface area contributed by atoms with Gasteiger partial charge in [0, 0.05) is 13.1 Å². The molecule has 0 spiro atoms. The number of benzene rings is 1. The maximum Gasteiger partial charge on any atom is 0.344 e. The van der Waals surface area contributed by atoms with Gasteiger partial charge in [0.05, 0.1) is 15.7 Å². The van der Waals surface area contributed by atoms with Gasteiger partial charge < -0.3 is 14.6 Å². The highest BCUT2D eigenvalue weighted by molar-refractivity contribution is 6.36. The van der Waals surface area contributed by atoms with E-state index in [1.54, 1.807) is 7.05 Å². The highest BCUT2D eigenvalue weighted by atomic mass is 35.5. The third-order valence-corrected chi connectivity index (χ3v) is 4.10. The van der Waals surface area contributed by atoms with E-state index < -0.39 is 12.1 Å².